The molecule has 0 saturated carbocycles. The maximum Gasteiger partial charge on any atom is 0.137 e. The van der Waals surface area contributed by atoms with Crippen molar-refractivity contribution in [1.82, 2.24) is 15.0 Å². The summed E-state index contributed by atoms with van der Waals surface area (Å²) in [6.07, 6.45) is 13.5. The van der Waals surface area contributed by atoms with Gasteiger partial charge in [0.25, 0.3) is 0 Å². The number of fused-ring (bicyclic) bond motifs is 1. The highest BCUT2D eigenvalue weighted by molar-refractivity contribution is 6.31. The van der Waals surface area contributed by atoms with Crippen LogP contribution in [0.5, 0.6) is 5.75 Å². The first kappa shape index (κ1) is 17.6. The lowest BCUT2D eigenvalue weighted by molar-refractivity contribution is 0.413. The van der Waals surface area contributed by atoms with Crippen molar-refractivity contribution in [3.8, 4) is 5.75 Å². The number of ether oxygens (including phenoxy) is 1. The molecule has 3 heterocycles. The number of aromatic nitrogens is 3. The van der Waals surface area contributed by atoms with Crippen LogP contribution in [-0.2, 0) is 6.42 Å². The minimum Gasteiger partial charge on any atom is -0.495 e. The molecule has 2 N–H and O–H groups in total. The molecular weight excluding hydrogens is 360 g/mol. The average Bonchev–Trinajstić information content (AvgIpc) is 3.10. The van der Waals surface area contributed by atoms with Crippen molar-refractivity contribution in [1.29, 1.82) is 0 Å². The third kappa shape index (κ3) is 4.14. The number of hydrogen-bond donors (Lipinski definition) is 2. The fourth-order valence-corrected chi connectivity index (χ4v) is 3.34. The number of pyridine rings is 2. The van der Waals surface area contributed by atoms with E-state index in [4.69, 9.17) is 16.3 Å². The minimum atomic E-state index is 0.447. The van der Waals surface area contributed by atoms with E-state index < -0.39 is 0 Å². The average molecular weight is 381 g/mol. The van der Waals surface area contributed by atoms with E-state index in [0.29, 0.717) is 5.92 Å². The first-order valence-corrected chi connectivity index (χ1v) is 9.32. The van der Waals surface area contributed by atoms with Crippen molar-refractivity contribution in [3.63, 3.8) is 0 Å². The molecule has 1 unspecified atom stereocenters. The maximum absolute atomic E-state index is 5.96. The molecule has 0 saturated heterocycles. The van der Waals surface area contributed by atoms with Crippen LogP contribution in [0.2, 0.25) is 0 Å². The zero-order valence-corrected chi connectivity index (χ0v) is 15.8. The van der Waals surface area contributed by atoms with Crippen LogP contribution in [0, 0.1) is 5.92 Å². The molecule has 0 radical (unpaired) electrons. The first-order chi connectivity index (χ1) is 13.2. The molecule has 0 spiro atoms. The van der Waals surface area contributed by atoms with Gasteiger partial charge in [-0.2, -0.15) is 0 Å². The lowest BCUT2D eigenvalue weighted by atomic mass is 10.0. The van der Waals surface area contributed by atoms with Gasteiger partial charge in [0, 0.05) is 35.8 Å². The quantitative estimate of drug-likeness (QED) is 0.652. The summed E-state index contributed by atoms with van der Waals surface area (Å²) in [7, 11) is 1.65. The Kier molecular flexibility index (Phi) is 5.12. The zero-order chi connectivity index (χ0) is 18.6. The molecular formula is C21H21ClN4O. The number of halogens is 1. The second-order valence-electron chi connectivity index (χ2n) is 6.64. The number of anilines is 1. The van der Waals surface area contributed by atoms with E-state index in [-0.39, 0.29) is 0 Å². The number of rotatable bonds is 6. The van der Waals surface area contributed by atoms with Gasteiger partial charge in [-0.05, 0) is 41.7 Å². The van der Waals surface area contributed by atoms with E-state index in [1.165, 1.54) is 5.56 Å². The molecule has 5 nitrogen and oxygen atoms in total. The molecule has 6 heteroatoms. The van der Waals surface area contributed by atoms with Crippen molar-refractivity contribution < 1.29 is 4.74 Å². The van der Waals surface area contributed by atoms with E-state index in [9.17, 15) is 0 Å². The van der Waals surface area contributed by atoms with Crippen LogP contribution in [0.3, 0.4) is 0 Å². The Morgan fingerprint density at radius 1 is 1.30 bits per heavy atom. The number of H-pyrrole nitrogens is 1. The minimum absolute atomic E-state index is 0.447. The highest BCUT2D eigenvalue weighted by Crippen LogP contribution is 2.24. The van der Waals surface area contributed by atoms with E-state index in [2.05, 4.69) is 38.5 Å². The summed E-state index contributed by atoms with van der Waals surface area (Å²) in [6.45, 7) is 0.845. The number of allylic oxidation sites excluding steroid dienone is 3. The fraction of sp³-hybridized carbons (Fsp3) is 0.238. The SMILES string of the molecule is COc1cnc2[nH]cc(Cc3ccc(NCC4C=CC(Cl)=CC4)nc3)c2c1. The number of nitrogens with one attached hydrogen (secondary N) is 2. The molecule has 0 bridgehead atoms. The molecule has 1 aliphatic carbocycles. The second-order valence-corrected chi connectivity index (χ2v) is 7.07. The van der Waals surface area contributed by atoms with Crippen LogP contribution in [0.25, 0.3) is 11.0 Å². The van der Waals surface area contributed by atoms with Crippen LogP contribution in [0.4, 0.5) is 5.82 Å². The monoisotopic (exact) mass is 380 g/mol. The molecule has 27 heavy (non-hydrogen) atoms. The third-order valence-electron chi connectivity index (χ3n) is 4.74. The molecule has 138 valence electrons. The topological polar surface area (TPSA) is 62.8 Å². The predicted octanol–water partition coefficient (Wildman–Crippen LogP) is 4.67. The molecule has 3 aromatic rings. The van der Waals surface area contributed by atoms with Gasteiger partial charge < -0.3 is 15.0 Å². The highest BCUT2D eigenvalue weighted by Gasteiger charge is 2.09. The van der Waals surface area contributed by atoms with Crippen LogP contribution in [0.1, 0.15) is 17.5 Å². The summed E-state index contributed by atoms with van der Waals surface area (Å²) in [6, 6.07) is 6.14. The second kappa shape index (κ2) is 7.84. The molecule has 1 atom stereocenters. The van der Waals surface area contributed by atoms with Gasteiger partial charge in [0.2, 0.25) is 0 Å². The summed E-state index contributed by atoms with van der Waals surface area (Å²) in [4.78, 5) is 12.1. The largest absolute Gasteiger partial charge is 0.495 e. The van der Waals surface area contributed by atoms with Gasteiger partial charge in [-0.25, -0.2) is 9.97 Å². The summed E-state index contributed by atoms with van der Waals surface area (Å²) in [5, 5.41) is 5.29. The van der Waals surface area contributed by atoms with Crippen molar-refractivity contribution in [3.05, 3.63) is 71.2 Å². The molecule has 3 aromatic heterocycles. The molecule has 0 aliphatic heterocycles. The lowest BCUT2D eigenvalue weighted by Crippen LogP contribution is -2.13. The smallest absolute Gasteiger partial charge is 0.137 e. The number of aromatic amines is 1. The summed E-state index contributed by atoms with van der Waals surface area (Å²) < 4.78 is 5.28. The Bertz CT molecular complexity index is 991. The predicted molar refractivity (Wildman–Crippen MR) is 109 cm³/mol. The lowest BCUT2D eigenvalue weighted by Gasteiger charge is -2.15. The Hall–Kier alpha value is -2.79. The third-order valence-corrected chi connectivity index (χ3v) is 5.02. The Morgan fingerprint density at radius 2 is 2.22 bits per heavy atom. The van der Waals surface area contributed by atoms with Crippen molar-refractivity contribution >= 4 is 28.5 Å². The van der Waals surface area contributed by atoms with Crippen LogP contribution in [0.15, 0.2) is 60.0 Å². The maximum atomic E-state index is 5.96. The Balaban J connectivity index is 1.40. The standard InChI is InChI=1S/C21H21ClN4O/c1-27-18-9-19-16(12-25-21(19)26-13-18)8-15-4-7-20(24-11-15)23-10-14-2-5-17(22)6-3-14/h2,4-7,9,11-14H,3,8,10H2,1H3,(H,23,24)(H,25,26). The molecule has 1 aliphatic rings. The molecule has 4 rings (SSSR count). The van der Waals surface area contributed by atoms with Gasteiger partial charge in [-0.1, -0.05) is 29.8 Å². The summed E-state index contributed by atoms with van der Waals surface area (Å²) >= 11 is 5.96. The normalized spacial score (nSPS) is 16.4. The van der Waals surface area contributed by atoms with Crippen LogP contribution < -0.4 is 10.1 Å². The number of nitrogens with zero attached hydrogens (tertiary/aromatic N) is 2. The zero-order valence-electron chi connectivity index (χ0n) is 15.1. The van der Waals surface area contributed by atoms with Gasteiger partial charge in [0.1, 0.15) is 17.2 Å². The van der Waals surface area contributed by atoms with Crippen LogP contribution >= 0.6 is 11.6 Å². The van der Waals surface area contributed by atoms with Gasteiger partial charge in [-0.3, -0.25) is 0 Å². The first-order valence-electron chi connectivity index (χ1n) is 8.94. The Labute approximate surface area is 163 Å². The summed E-state index contributed by atoms with van der Waals surface area (Å²) in [5.41, 5.74) is 3.19. The van der Waals surface area contributed by atoms with Gasteiger partial charge in [0.05, 0.1) is 13.3 Å². The fourth-order valence-electron chi connectivity index (χ4n) is 3.18. The summed E-state index contributed by atoms with van der Waals surface area (Å²) in [5.74, 6) is 2.09. The Morgan fingerprint density at radius 3 is 2.96 bits per heavy atom. The molecule has 0 amide bonds. The van der Waals surface area contributed by atoms with Gasteiger partial charge in [-0.15, -0.1) is 0 Å². The van der Waals surface area contributed by atoms with Crippen molar-refractivity contribution in [2.24, 2.45) is 5.92 Å². The van der Waals surface area contributed by atoms with E-state index in [0.717, 1.165) is 52.6 Å². The number of methoxy groups -OCH3 is 1. The molecule has 0 aromatic carbocycles. The van der Waals surface area contributed by atoms with E-state index in [1.807, 2.05) is 30.6 Å². The molecule has 0 fully saturated rings. The highest BCUT2D eigenvalue weighted by atomic mass is 35.5. The van der Waals surface area contributed by atoms with E-state index >= 15 is 0 Å². The van der Waals surface area contributed by atoms with E-state index in [1.54, 1.807) is 13.3 Å². The van der Waals surface area contributed by atoms with Crippen molar-refractivity contribution in [2.75, 3.05) is 19.0 Å². The number of hydrogen-bond acceptors (Lipinski definition) is 4. The van der Waals surface area contributed by atoms with Crippen molar-refractivity contribution in [2.45, 2.75) is 12.8 Å². The van der Waals surface area contributed by atoms with Crippen LogP contribution in [-0.4, -0.2) is 28.6 Å². The van der Waals surface area contributed by atoms with Gasteiger partial charge in [0.15, 0.2) is 0 Å². The van der Waals surface area contributed by atoms with Gasteiger partial charge >= 0.3 is 0 Å².